The molecule has 0 aliphatic rings. The van der Waals surface area contributed by atoms with Gasteiger partial charge in [-0.05, 0) is 28.1 Å². The molecule has 0 aromatic carbocycles. The lowest BCUT2D eigenvalue weighted by Gasteiger charge is -2.03. The Hall–Kier alpha value is -0.590. The molecule has 2 N–H and O–H groups in total. The summed E-state index contributed by atoms with van der Waals surface area (Å²) in [6.07, 6.45) is 1.64. The van der Waals surface area contributed by atoms with Crippen molar-refractivity contribution in [3.8, 4) is 0 Å². The van der Waals surface area contributed by atoms with Gasteiger partial charge in [-0.1, -0.05) is 16.9 Å². The van der Waals surface area contributed by atoms with Crippen molar-refractivity contribution >= 4 is 32.7 Å². The first kappa shape index (κ1) is 11.5. The van der Waals surface area contributed by atoms with Gasteiger partial charge in [-0.2, -0.15) is 0 Å². The highest BCUT2D eigenvalue weighted by Gasteiger charge is 2.09. The second-order valence-electron chi connectivity index (χ2n) is 2.32. The molecule has 0 fully saturated rings. The van der Waals surface area contributed by atoms with Gasteiger partial charge >= 0.3 is 0 Å². The van der Waals surface area contributed by atoms with Gasteiger partial charge in [0.15, 0.2) is 0 Å². The number of halogens is 1. The summed E-state index contributed by atoms with van der Waals surface area (Å²) >= 11 is 4.52. The Kier molecular flexibility index (Phi) is 4.92. The zero-order valence-electron chi connectivity index (χ0n) is 7.22. The van der Waals surface area contributed by atoms with Crippen molar-refractivity contribution in [3.05, 3.63) is 28.5 Å². The number of oxime groups is 1. The van der Waals surface area contributed by atoms with Crippen LogP contribution in [0.1, 0.15) is 5.56 Å². The van der Waals surface area contributed by atoms with Gasteiger partial charge in [0.25, 0.3) is 0 Å². The smallest absolute Gasteiger partial charge is 0.145 e. The van der Waals surface area contributed by atoms with Crippen LogP contribution < -0.4 is 0 Å². The van der Waals surface area contributed by atoms with Crippen LogP contribution in [0.25, 0.3) is 0 Å². The predicted octanol–water partition coefficient (Wildman–Crippen LogP) is 1.71. The van der Waals surface area contributed by atoms with Crippen LogP contribution in [0.5, 0.6) is 0 Å². The molecule has 6 heteroatoms. The van der Waals surface area contributed by atoms with Crippen LogP contribution >= 0.6 is 27.7 Å². The van der Waals surface area contributed by atoms with Gasteiger partial charge < -0.3 is 10.3 Å². The maximum atomic E-state index is 8.77. The van der Waals surface area contributed by atoms with Gasteiger partial charge in [-0.3, -0.25) is 0 Å². The van der Waals surface area contributed by atoms with Crippen LogP contribution in [0.4, 0.5) is 0 Å². The van der Waals surface area contributed by atoms with Crippen LogP contribution in [0.15, 0.2) is 28.1 Å². The van der Waals surface area contributed by atoms with Gasteiger partial charge in [-0.25, -0.2) is 4.98 Å². The highest BCUT2D eigenvalue weighted by Crippen LogP contribution is 2.19. The molecule has 1 rings (SSSR count). The van der Waals surface area contributed by atoms with Crippen molar-refractivity contribution in [2.24, 2.45) is 5.16 Å². The predicted molar refractivity (Wildman–Crippen MR) is 59.8 cm³/mol. The molecular weight excluding hydrogens is 268 g/mol. The highest BCUT2D eigenvalue weighted by molar-refractivity contribution is 9.10. The van der Waals surface area contributed by atoms with Crippen LogP contribution in [0.3, 0.4) is 0 Å². The number of hydrogen-bond acceptors (Lipinski definition) is 5. The van der Waals surface area contributed by atoms with E-state index < -0.39 is 0 Å². The molecule has 14 heavy (non-hydrogen) atoms. The molecule has 0 amide bonds. The molecular formula is C8H9BrN2O2S. The highest BCUT2D eigenvalue weighted by atomic mass is 79.9. The van der Waals surface area contributed by atoms with E-state index in [-0.39, 0.29) is 6.61 Å². The number of hydrogen-bond donors (Lipinski definition) is 2. The van der Waals surface area contributed by atoms with Crippen LogP contribution in [-0.4, -0.2) is 32.7 Å². The molecule has 76 valence electrons. The minimum Gasteiger partial charge on any atom is -0.410 e. The topological polar surface area (TPSA) is 65.7 Å². The van der Waals surface area contributed by atoms with E-state index in [0.717, 1.165) is 0 Å². The number of thioether (sulfide) groups is 1. The Morgan fingerprint density at radius 3 is 3.00 bits per heavy atom. The van der Waals surface area contributed by atoms with E-state index in [0.29, 0.717) is 21.0 Å². The van der Waals surface area contributed by atoms with E-state index in [2.05, 4.69) is 26.1 Å². The number of aliphatic hydroxyl groups is 1. The molecule has 0 saturated carbocycles. The van der Waals surface area contributed by atoms with E-state index in [1.807, 2.05) is 0 Å². The van der Waals surface area contributed by atoms with Crippen molar-refractivity contribution in [3.63, 3.8) is 0 Å². The molecule has 0 atom stereocenters. The van der Waals surface area contributed by atoms with E-state index in [1.54, 1.807) is 18.3 Å². The quantitative estimate of drug-likeness (QED) is 0.290. The van der Waals surface area contributed by atoms with E-state index >= 15 is 0 Å². The fraction of sp³-hybridized carbons (Fsp3) is 0.250. The van der Waals surface area contributed by atoms with Gasteiger partial charge in [-0.15, -0.1) is 0 Å². The van der Waals surface area contributed by atoms with Crippen molar-refractivity contribution in [1.82, 2.24) is 4.98 Å². The molecule has 4 nitrogen and oxygen atoms in total. The Morgan fingerprint density at radius 2 is 2.43 bits per heavy atom. The lowest BCUT2D eigenvalue weighted by molar-refractivity contribution is 0.320. The first-order chi connectivity index (χ1) is 6.79. The molecule has 0 bridgehead atoms. The minimum atomic E-state index is 0.0432. The molecule has 1 heterocycles. The summed E-state index contributed by atoms with van der Waals surface area (Å²) in [5.74, 6) is 0.487. The Balaban J connectivity index is 2.85. The van der Waals surface area contributed by atoms with Gasteiger partial charge in [0.2, 0.25) is 0 Å². The van der Waals surface area contributed by atoms with Crippen molar-refractivity contribution in [2.45, 2.75) is 0 Å². The SMILES string of the molecule is OCCS/C(=N\O)c1cccnc1Br. The van der Waals surface area contributed by atoms with Gasteiger partial charge in [0.05, 0.1) is 6.61 Å². The standard InChI is InChI=1S/C8H9BrN2O2S/c9-7-6(2-1-3-10-7)8(11-13)14-5-4-12/h1-3,12-13H,4-5H2/b11-8-. The second kappa shape index (κ2) is 6.00. The normalized spacial score (nSPS) is 11.7. The number of pyridine rings is 1. The third kappa shape index (κ3) is 2.97. The lowest BCUT2D eigenvalue weighted by atomic mass is 10.3. The maximum Gasteiger partial charge on any atom is 0.145 e. The van der Waals surface area contributed by atoms with Crippen LogP contribution in [-0.2, 0) is 0 Å². The molecule has 0 saturated heterocycles. The van der Waals surface area contributed by atoms with E-state index in [9.17, 15) is 0 Å². The molecule has 1 aromatic heterocycles. The average molecular weight is 277 g/mol. The zero-order valence-corrected chi connectivity index (χ0v) is 9.62. The first-order valence-corrected chi connectivity index (χ1v) is 5.64. The number of rotatable bonds is 3. The summed E-state index contributed by atoms with van der Waals surface area (Å²) in [5, 5.41) is 21.0. The third-order valence-electron chi connectivity index (χ3n) is 1.41. The largest absolute Gasteiger partial charge is 0.410 e. The zero-order chi connectivity index (χ0) is 10.4. The fourth-order valence-corrected chi connectivity index (χ4v) is 2.08. The molecule has 0 spiro atoms. The first-order valence-electron chi connectivity index (χ1n) is 3.86. The van der Waals surface area contributed by atoms with Crippen molar-refractivity contribution in [2.75, 3.05) is 12.4 Å². The molecule has 0 radical (unpaired) electrons. The van der Waals surface area contributed by atoms with Crippen LogP contribution in [0, 0.1) is 0 Å². The molecule has 1 aromatic rings. The molecule has 0 unspecified atom stereocenters. The summed E-state index contributed by atoms with van der Waals surface area (Å²) in [4.78, 5) is 4.00. The summed E-state index contributed by atoms with van der Waals surface area (Å²) in [7, 11) is 0. The minimum absolute atomic E-state index is 0.0432. The Morgan fingerprint density at radius 1 is 1.64 bits per heavy atom. The fourth-order valence-electron chi connectivity index (χ4n) is 0.848. The molecule has 0 aliphatic carbocycles. The summed E-state index contributed by atoms with van der Waals surface area (Å²) in [6, 6.07) is 3.54. The number of nitrogens with zero attached hydrogens (tertiary/aromatic N) is 2. The van der Waals surface area contributed by atoms with E-state index in [1.165, 1.54) is 11.8 Å². The van der Waals surface area contributed by atoms with Crippen LogP contribution in [0.2, 0.25) is 0 Å². The van der Waals surface area contributed by atoms with E-state index in [4.69, 9.17) is 10.3 Å². The summed E-state index contributed by atoms with van der Waals surface area (Å²) in [6.45, 7) is 0.0432. The Labute approximate surface area is 94.2 Å². The number of aromatic nitrogens is 1. The van der Waals surface area contributed by atoms with Gasteiger partial charge in [0.1, 0.15) is 9.65 Å². The second-order valence-corrected chi connectivity index (χ2v) is 4.15. The molecule has 0 aliphatic heterocycles. The maximum absolute atomic E-state index is 8.77. The summed E-state index contributed by atoms with van der Waals surface area (Å²) < 4.78 is 0.623. The summed E-state index contributed by atoms with van der Waals surface area (Å²) in [5.41, 5.74) is 0.716. The number of aliphatic hydroxyl groups excluding tert-OH is 1. The van der Waals surface area contributed by atoms with Crippen molar-refractivity contribution in [1.29, 1.82) is 0 Å². The third-order valence-corrected chi connectivity index (χ3v) is 3.00. The average Bonchev–Trinajstić information content (AvgIpc) is 2.21. The monoisotopic (exact) mass is 276 g/mol. The van der Waals surface area contributed by atoms with Gasteiger partial charge in [0, 0.05) is 17.5 Å². The van der Waals surface area contributed by atoms with Crippen molar-refractivity contribution < 1.29 is 10.3 Å². The lowest BCUT2D eigenvalue weighted by Crippen LogP contribution is -2.01. The Bertz CT molecular complexity index is 333.